The van der Waals surface area contributed by atoms with Gasteiger partial charge in [-0.05, 0) is 49.7 Å². The number of thiophene rings is 1. The highest BCUT2D eigenvalue weighted by molar-refractivity contribution is 7.89. The Morgan fingerprint density at radius 2 is 1.58 bits per heavy atom. The molecule has 202 valence electrons. The summed E-state index contributed by atoms with van der Waals surface area (Å²) in [6.07, 6.45) is -1.20. The summed E-state index contributed by atoms with van der Waals surface area (Å²) < 4.78 is 37.0. The van der Waals surface area contributed by atoms with Crippen molar-refractivity contribution in [2.45, 2.75) is 38.7 Å². The minimum absolute atomic E-state index is 0.0574. The molecule has 1 aromatic heterocycles. The largest absolute Gasteiger partial charge is 0.462 e. The molecule has 0 saturated heterocycles. The van der Waals surface area contributed by atoms with Crippen LogP contribution in [0.25, 0.3) is 10.4 Å². The van der Waals surface area contributed by atoms with Crippen molar-refractivity contribution in [2.24, 2.45) is 0 Å². The number of benzene rings is 2. The van der Waals surface area contributed by atoms with Gasteiger partial charge in [0.1, 0.15) is 5.00 Å². The molecule has 1 heterocycles. The van der Waals surface area contributed by atoms with E-state index in [1.165, 1.54) is 46.8 Å². The first-order valence-corrected chi connectivity index (χ1v) is 14.4. The average Bonchev–Trinajstić information content (AvgIpc) is 3.33. The number of anilines is 1. The summed E-state index contributed by atoms with van der Waals surface area (Å²) in [6.45, 7) is 7.40. The number of esters is 2. The maximum Gasteiger partial charge on any atom is 0.341 e. The molecule has 0 unspecified atom stereocenters. The highest BCUT2D eigenvalue weighted by Crippen LogP contribution is 2.36. The van der Waals surface area contributed by atoms with E-state index in [1.807, 2.05) is 30.3 Å². The second kappa shape index (κ2) is 12.8. The molecule has 1 N–H and O–H groups in total. The molecule has 3 aromatic rings. The normalized spacial score (nSPS) is 12.1. The third-order valence-electron chi connectivity index (χ3n) is 5.61. The lowest BCUT2D eigenvalue weighted by molar-refractivity contribution is -0.123. The Morgan fingerprint density at radius 3 is 2.16 bits per heavy atom. The number of rotatable bonds is 11. The van der Waals surface area contributed by atoms with Crippen LogP contribution in [0.1, 0.15) is 48.4 Å². The van der Waals surface area contributed by atoms with Gasteiger partial charge in [0.15, 0.2) is 6.10 Å². The van der Waals surface area contributed by atoms with Gasteiger partial charge in [-0.3, -0.25) is 4.79 Å². The molecule has 0 radical (unpaired) electrons. The van der Waals surface area contributed by atoms with E-state index in [0.29, 0.717) is 13.1 Å². The van der Waals surface area contributed by atoms with Crippen LogP contribution in [-0.2, 0) is 24.3 Å². The van der Waals surface area contributed by atoms with Gasteiger partial charge in [0, 0.05) is 18.0 Å². The molecule has 11 heteroatoms. The van der Waals surface area contributed by atoms with E-state index in [4.69, 9.17) is 9.47 Å². The van der Waals surface area contributed by atoms with Crippen LogP contribution in [0, 0.1) is 0 Å². The van der Waals surface area contributed by atoms with Crippen molar-refractivity contribution in [3.8, 4) is 10.4 Å². The fraction of sp³-hybridized carbons (Fsp3) is 0.296. The van der Waals surface area contributed by atoms with Crippen LogP contribution in [0.5, 0.6) is 0 Å². The van der Waals surface area contributed by atoms with E-state index >= 15 is 0 Å². The van der Waals surface area contributed by atoms with Crippen LogP contribution in [0.2, 0.25) is 0 Å². The SMILES string of the molecule is CCOC(=O)c1cc(-c2ccccc2)sc1NC(=O)[C@H](C)OC(=O)c1ccc(S(=O)(=O)N(CC)CC)cc1. The lowest BCUT2D eigenvalue weighted by Gasteiger charge is -2.18. The molecular formula is C27H30N2O7S2. The van der Waals surface area contributed by atoms with Gasteiger partial charge in [-0.2, -0.15) is 4.31 Å². The molecule has 2 aromatic carbocycles. The second-order valence-electron chi connectivity index (χ2n) is 8.09. The molecule has 0 aliphatic carbocycles. The topological polar surface area (TPSA) is 119 Å². The number of sulfonamides is 1. The molecule has 0 saturated carbocycles. The third-order valence-corrected chi connectivity index (χ3v) is 8.77. The quantitative estimate of drug-likeness (QED) is 0.336. The zero-order valence-corrected chi connectivity index (χ0v) is 23.2. The molecule has 0 spiro atoms. The second-order valence-corrected chi connectivity index (χ2v) is 11.1. The maximum absolute atomic E-state index is 12.9. The zero-order chi connectivity index (χ0) is 27.9. The monoisotopic (exact) mass is 558 g/mol. The molecule has 0 aliphatic rings. The summed E-state index contributed by atoms with van der Waals surface area (Å²) in [5, 5.41) is 2.95. The van der Waals surface area contributed by atoms with Crippen LogP contribution in [0.3, 0.4) is 0 Å². The van der Waals surface area contributed by atoms with Gasteiger partial charge in [-0.15, -0.1) is 11.3 Å². The molecule has 9 nitrogen and oxygen atoms in total. The first-order valence-electron chi connectivity index (χ1n) is 12.1. The smallest absolute Gasteiger partial charge is 0.341 e. The molecule has 38 heavy (non-hydrogen) atoms. The molecule has 0 bridgehead atoms. The molecular weight excluding hydrogens is 528 g/mol. The van der Waals surface area contributed by atoms with E-state index in [0.717, 1.165) is 10.4 Å². The van der Waals surface area contributed by atoms with Crippen molar-refractivity contribution in [1.29, 1.82) is 0 Å². The van der Waals surface area contributed by atoms with Crippen molar-refractivity contribution < 1.29 is 32.3 Å². The first-order chi connectivity index (χ1) is 18.1. The lowest BCUT2D eigenvalue weighted by Crippen LogP contribution is -2.31. The van der Waals surface area contributed by atoms with Crippen LogP contribution in [0.4, 0.5) is 5.00 Å². The Balaban J connectivity index is 1.73. The van der Waals surface area contributed by atoms with Crippen molar-refractivity contribution in [2.75, 3.05) is 25.0 Å². The van der Waals surface area contributed by atoms with Crippen LogP contribution in [0.15, 0.2) is 65.6 Å². The van der Waals surface area contributed by atoms with Gasteiger partial charge in [-0.1, -0.05) is 44.2 Å². The number of carbonyl (C=O) groups excluding carboxylic acids is 3. The number of nitrogens with one attached hydrogen (secondary N) is 1. The lowest BCUT2D eigenvalue weighted by atomic mass is 10.1. The third kappa shape index (κ3) is 6.66. The highest BCUT2D eigenvalue weighted by atomic mass is 32.2. The Labute approximate surface area is 226 Å². The van der Waals surface area contributed by atoms with Crippen molar-refractivity contribution >= 4 is 44.2 Å². The summed E-state index contributed by atoms with van der Waals surface area (Å²) in [5.74, 6) is -2.00. The van der Waals surface area contributed by atoms with Crippen LogP contribution >= 0.6 is 11.3 Å². The number of carbonyl (C=O) groups is 3. The molecule has 1 amide bonds. The van der Waals surface area contributed by atoms with Crippen LogP contribution < -0.4 is 5.32 Å². The van der Waals surface area contributed by atoms with Gasteiger partial charge in [0.05, 0.1) is 22.6 Å². The summed E-state index contributed by atoms with van der Waals surface area (Å²) in [6, 6.07) is 16.4. The zero-order valence-electron chi connectivity index (χ0n) is 21.6. The van der Waals surface area contributed by atoms with Gasteiger partial charge >= 0.3 is 11.9 Å². The van der Waals surface area contributed by atoms with Gasteiger partial charge in [0.2, 0.25) is 10.0 Å². The Bertz CT molecular complexity index is 1380. The summed E-state index contributed by atoms with van der Waals surface area (Å²) in [5.41, 5.74) is 1.17. The maximum atomic E-state index is 12.9. The molecule has 3 rings (SSSR count). The minimum Gasteiger partial charge on any atom is -0.462 e. The van der Waals surface area contributed by atoms with Gasteiger partial charge in [-0.25, -0.2) is 18.0 Å². The summed E-state index contributed by atoms with van der Waals surface area (Å²) in [7, 11) is -3.67. The fourth-order valence-electron chi connectivity index (χ4n) is 3.56. The van der Waals surface area contributed by atoms with Crippen molar-refractivity contribution in [3.05, 3.63) is 71.8 Å². The Morgan fingerprint density at radius 1 is 0.947 bits per heavy atom. The number of amides is 1. The number of ether oxygens (including phenoxy) is 2. The number of hydrogen-bond donors (Lipinski definition) is 1. The minimum atomic E-state index is -3.67. The van der Waals surface area contributed by atoms with Crippen molar-refractivity contribution in [3.63, 3.8) is 0 Å². The average molecular weight is 559 g/mol. The first kappa shape index (κ1) is 29.0. The van der Waals surface area contributed by atoms with Crippen molar-refractivity contribution in [1.82, 2.24) is 4.31 Å². The number of hydrogen-bond acceptors (Lipinski definition) is 8. The predicted molar refractivity (Wildman–Crippen MR) is 146 cm³/mol. The van der Waals surface area contributed by atoms with E-state index in [-0.39, 0.29) is 27.6 Å². The predicted octanol–water partition coefficient (Wildman–Crippen LogP) is 4.81. The van der Waals surface area contributed by atoms with E-state index in [2.05, 4.69) is 5.32 Å². The molecule has 0 aliphatic heterocycles. The van der Waals surface area contributed by atoms with E-state index in [9.17, 15) is 22.8 Å². The Hall–Kier alpha value is -3.54. The summed E-state index contributed by atoms with van der Waals surface area (Å²) >= 11 is 1.20. The van der Waals surface area contributed by atoms with Gasteiger partial charge < -0.3 is 14.8 Å². The van der Waals surface area contributed by atoms with E-state index in [1.54, 1.807) is 26.8 Å². The number of nitrogens with zero attached hydrogens (tertiary/aromatic N) is 1. The molecule has 1 atom stereocenters. The Kier molecular flexibility index (Phi) is 9.78. The van der Waals surface area contributed by atoms with E-state index < -0.39 is 34.0 Å². The fourth-order valence-corrected chi connectivity index (χ4v) is 6.07. The van der Waals surface area contributed by atoms with Gasteiger partial charge in [0.25, 0.3) is 5.91 Å². The standard InChI is InChI=1S/C27H30N2O7S2/c1-5-29(6-2)38(33,34)21-15-13-20(14-16-21)26(31)36-18(4)24(30)28-25-22(27(32)35-7-3)17-23(37-25)19-11-9-8-10-12-19/h8-18H,5-7H2,1-4H3,(H,28,30)/t18-/m0/s1. The highest BCUT2D eigenvalue weighted by Gasteiger charge is 2.25. The molecule has 0 fully saturated rings. The summed E-state index contributed by atoms with van der Waals surface area (Å²) in [4.78, 5) is 38.8. The van der Waals surface area contributed by atoms with Crippen LogP contribution in [-0.4, -0.2) is 56.4 Å².